The van der Waals surface area contributed by atoms with Gasteiger partial charge in [0.05, 0.1) is 6.20 Å². The average Bonchev–Trinajstić information content (AvgIpc) is 2.04. The molecule has 2 nitrogen and oxygen atoms in total. The van der Waals surface area contributed by atoms with Crippen LogP contribution < -0.4 is 4.74 Å². The summed E-state index contributed by atoms with van der Waals surface area (Å²) in [7, 11) is 0. The molecule has 1 aromatic rings. The van der Waals surface area contributed by atoms with Gasteiger partial charge in [0.1, 0.15) is 12.4 Å². The number of halogens is 1. The number of hydrogen-bond acceptors (Lipinski definition) is 2. The largest absolute Gasteiger partial charge is 0.488 e. The second-order valence-corrected chi connectivity index (χ2v) is 1.92. The topological polar surface area (TPSA) is 22.1 Å². The van der Waals surface area contributed by atoms with E-state index in [1.807, 2.05) is 0 Å². The van der Waals surface area contributed by atoms with Crippen LogP contribution in [0.1, 0.15) is 0 Å². The highest BCUT2D eigenvalue weighted by Gasteiger charge is 1.92. The van der Waals surface area contributed by atoms with Crippen LogP contribution in [0.4, 0.5) is 4.39 Å². The summed E-state index contributed by atoms with van der Waals surface area (Å²) < 4.78 is 17.3. The second-order valence-electron chi connectivity index (χ2n) is 1.92. The molecule has 0 aliphatic heterocycles. The lowest BCUT2D eigenvalue weighted by Gasteiger charge is -2.00. The predicted molar refractivity (Wildman–Crippen MR) is 39.9 cm³/mol. The summed E-state index contributed by atoms with van der Waals surface area (Å²) in [6.45, 7) is 3.88. The van der Waals surface area contributed by atoms with E-state index in [1.165, 1.54) is 18.3 Å². The van der Waals surface area contributed by atoms with Crippen molar-refractivity contribution in [3.8, 4) is 5.75 Å². The van der Waals surface area contributed by atoms with Crippen LogP contribution >= 0.6 is 0 Å². The van der Waals surface area contributed by atoms with Gasteiger partial charge in [0.2, 0.25) is 5.95 Å². The van der Waals surface area contributed by atoms with Gasteiger partial charge < -0.3 is 4.74 Å². The molecule has 0 N–H and O–H groups in total. The van der Waals surface area contributed by atoms with Crippen molar-refractivity contribution in [1.82, 2.24) is 4.98 Å². The third-order valence-electron chi connectivity index (χ3n) is 1.07. The smallest absolute Gasteiger partial charge is 0.213 e. The first-order valence-corrected chi connectivity index (χ1v) is 3.18. The van der Waals surface area contributed by atoms with E-state index in [0.717, 1.165) is 0 Å². The Morgan fingerprint density at radius 1 is 1.64 bits per heavy atom. The Hall–Kier alpha value is -1.38. The summed E-state index contributed by atoms with van der Waals surface area (Å²) in [6, 6.07) is 2.77. The number of nitrogens with zero attached hydrogens (tertiary/aromatic N) is 1. The minimum atomic E-state index is -0.504. The Labute approximate surface area is 64.3 Å². The van der Waals surface area contributed by atoms with Crippen LogP contribution in [-0.2, 0) is 0 Å². The zero-order valence-electron chi connectivity index (χ0n) is 5.96. The summed E-state index contributed by atoms with van der Waals surface area (Å²) in [5.41, 5.74) is 0. The Morgan fingerprint density at radius 2 is 2.45 bits per heavy atom. The van der Waals surface area contributed by atoms with Gasteiger partial charge >= 0.3 is 0 Å². The predicted octanol–water partition coefficient (Wildman–Crippen LogP) is 1.79. The lowest BCUT2D eigenvalue weighted by atomic mass is 10.4. The van der Waals surface area contributed by atoms with Crippen molar-refractivity contribution in [3.63, 3.8) is 0 Å². The van der Waals surface area contributed by atoms with Gasteiger partial charge in [-0.05, 0) is 12.1 Å². The molecule has 11 heavy (non-hydrogen) atoms. The molecule has 1 rings (SSSR count). The summed E-state index contributed by atoms with van der Waals surface area (Å²) in [5, 5.41) is 0. The van der Waals surface area contributed by atoms with Gasteiger partial charge in [-0.2, -0.15) is 4.39 Å². The standard InChI is InChI=1S/C8H8FNO/c1-2-5-11-7-3-4-8(9)10-6-7/h2-4,6H,1,5H2. The fourth-order valence-electron chi connectivity index (χ4n) is 0.603. The van der Waals surface area contributed by atoms with Crippen molar-refractivity contribution >= 4 is 0 Å². The van der Waals surface area contributed by atoms with E-state index >= 15 is 0 Å². The second kappa shape index (κ2) is 3.71. The van der Waals surface area contributed by atoms with Crippen LogP contribution in [0.25, 0.3) is 0 Å². The van der Waals surface area contributed by atoms with Crippen molar-refractivity contribution in [2.45, 2.75) is 0 Å². The van der Waals surface area contributed by atoms with Crippen LogP contribution in [0, 0.1) is 5.95 Å². The quantitative estimate of drug-likeness (QED) is 0.487. The maximum atomic E-state index is 12.2. The molecular weight excluding hydrogens is 145 g/mol. The van der Waals surface area contributed by atoms with Gasteiger partial charge in [0.15, 0.2) is 0 Å². The molecule has 0 aliphatic carbocycles. The van der Waals surface area contributed by atoms with Gasteiger partial charge in [-0.25, -0.2) is 4.98 Å². The Kier molecular flexibility index (Phi) is 2.60. The molecule has 0 spiro atoms. The van der Waals surface area contributed by atoms with Crippen LogP contribution in [0.2, 0.25) is 0 Å². The molecule has 0 unspecified atom stereocenters. The fourth-order valence-corrected chi connectivity index (χ4v) is 0.603. The summed E-state index contributed by atoms with van der Waals surface area (Å²) in [6.07, 6.45) is 2.95. The van der Waals surface area contributed by atoms with Gasteiger partial charge in [0.25, 0.3) is 0 Å². The van der Waals surface area contributed by atoms with E-state index in [2.05, 4.69) is 11.6 Å². The van der Waals surface area contributed by atoms with Crippen LogP contribution in [0.3, 0.4) is 0 Å². The molecule has 1 heterocycles. The highest BCUT2D eigenvalue weighted by molar-refractivity contribution is 5.16. The molecule has 3 heteroatoms. The molecule has 0 atom stereocenters. The first kappa shape index (κ1) is 7.72. The molecule has 0 fully saturated rings. The fraction of sp³-hybridized carbons (Fsp3) is 0.125. The maximum absolute atomic E-state index is 12.2. The highest BCUT2D eigenvalue weighted by Crippen LogP contribution is 2.07. The van der Waals surface area contributed by atoms with Crippen LogP contribution in [0.5, 0.6) is 5.75 Å². The molecule has 0 aromatic carbocycles. The maximum Gasteiger partial charge on any atom is 0.213 e. The summed E-state index contributed by atoms with van der Waals surface area (Å²) in [4.78, 5) is 3.41. The van der Waals surface area contributed by atoms with Crippen molar-refractivity contribution in [1.29, 1.82) is 0 Å². The SMILES string of the molecule is C=CCOc1ccc(F)nc1. The normalized spacial score (nSPS) is 9.18. The van der Waals surface area contributed by atoms with E-state index in [-0.39, 0.29) is 0 Å². The minimum Gasteiger partial charge on any atom is -0.488 e. The first-order chi connectivity index (χ1) is 5.33. The highest BCUT2D eigenvalue weighted by atomic mass is 19.1. The number of hydrogen-bond donors (Lipinski definition) is 0. The van der Waals surface area contributed by atoms with E-state index in [4.69, 9.17) is 4.74 Å². The zero-order valence-corrected chi connectivity index (χ0v) is 5.96. The van der Waals surface area contributed by atoms with Gasteiger partial charge in [-0.1, -0.05) is 12.7 Å². The molecule has 1 aromatic heterocycles. The Balaban J connectivity index is 2.58. The Bertz CT molecular complexity index is 232. The van der Waals surface area contributed by atoms with E-state index in [0.29, 0.717) is 12.4 Å². The lowest BCUT2D eigenvalue weighted by molar-refractivity contribution is 0.360. The molecule has 0 bridgehead atoms. The summed E-state index contributed by atoms with van der Waals surface area (Å²) >= 11 is 0. The van der Waals surface area contributed by atoms with E-state index in [9.17, 15) is 4.39 Å². The molecule has 0 saturated heterocycles. The summed E-state index contributed by atoms with van der Waals surface area (Å²) in [5.74, 6) is 0.0438. The van der Waals surface area contributed by atoms with Crippen molar-refractivity contribution < 1.29 is 9.13 Å². The van der Waals surface area contributed by atoms with Gasteiger partial charge in [-0.15, -0.1) is 0 Å². The molecule has 0 amide bonds. The number of aromatic nitrogens is 1. The molecule has 0 radical (unpaired) electrons. The monoisotopic (exact) mass is 153 g/mol. The van der Waals surface area contributed by atoms with Gasteiger partial charge in [0, 0.05) is 0 Å². The molecule has 0 saturated carbocycles. The lowest BCUT2D eigenvalue weighted by Crippen LogP contribution is -1.93. The minimum absolute atomic E-state index is 0.410. The number of ether oxygens (including phenoxy) is 1. The third-order valence-corrected chi connectivity index (χ3v) is 1.07. The average molecular weight is 153 g/mol. The van der Waals surface area contributed by atoms with Crippen molar-refractivity contribution in [2.24, 2.45) is 0 Å². The molecule has 0 aliphatic rings. The van der Waals surface area contributed by atoms with E-state index < -0.39 is 5.95 Å². The van der Waals surface area contributed by atoms with Crippen LogP contribution in [0.15, 0.2) is 31.0 Å². The number of rotatable bonds is 3. The van der Waals surface area contributed by atoms with Crippen LogP contribution in [-0.4, -0.2) is 11.6 Å². The third kappa shape index (κ3) is 2.37. The zero-order chi connectivity index (χ0) is 8.10. The van der Waals surface area contributed by atoms with E-state index in [1.54, 1.807) is 6.08 Å². The molecular formula is C8H8FNO. The van der Waals surface area contributed by atoms with Gasteiger partial charge in [-0.3, -0.25) is 0 Å². The van der Waals surface area contributed by atoms with Crippen molar-refractivity contribution in [3.05, 3.63) is 36.9 Å². The Morgan fingerprint density at radius 3 is 3.00 bits per heavy atom. The van der Waals surface area contributed by atoms with Crippen molar-refractivity contribution in [2.75, 3.05) is 6.61 Å². The number of pyridine rings is 1. The molecule has 58 valence electrons. The first-order valence-electron chi connectivity index (χ1n) is 3.18.